The molecule has 1 aliphatic heterocycles. The number of ketones is 1. The number of fused-ring (bicyclic) bond motifs is 9. The number of carbonyl (C=O) groups is 1. The van der Waals surface area contributed by atoms with E-state index in [4.69, 9.17) is 9.47 Å². The van der Waals surface area contributed by atoms with Gasteiger partial charge in [0.05, 0.1) is 5.60 Å². The third kappa shape index (κ3) is 1.93. The zero-order valence-electron chi connectivity index (χ0n) is 16.4. The lowest BCUT2D eigenvalue weighted by molar-refractivity contribution is -0.206. The molecule has 3 heteroatoms. The maximum atomic E-state index is 11.9. The van der Waals surface area contributed by atoms with Crippen LogP contribution in [0.5, 0.6) is 0 Å². The molecule has 0 aromatic carbocycles. The van der Waals surface area contributed by atoms with Crippen LogP contribution < -0.4 is 0 Å². The fraction of sp³-hybridized carbons (Fsp3) is 0.708. The summed E-state index contributed by atoms with van der Waals surface area (Å²) in [6.07, 6.45) is 17.9. The van der Waals surface area contributed by atoms with Crippen molar-refractivity contribution in [3.05, 3.63) is 36.0 Å². The molecule has 0 bridgehead atoms. The predicted octanol–water partition coefficient (Wildman–Crippen LogP) is 4.45. The Hall–Kier alpha value is -1.19. The van der Waals surface area contributed by atoms with E-state index in [0.29, 0.717) is 23.5 Å². The summed E-state index contributed by atoms with van der Waals surface area (Å²) in [5, 5.41) is 0. The minimum absolute atomic E-state index is 0.102. The van der Waals surface area contributed by atoms with Crippen molar-refractivity contribution in [1.29, 1.82) is 0 Å². The van der Waals surface area contributed by atoms with Gasteiger partial charge in [0.25, 0.3) is 0 Å². The molecule has 9 atom stereocenters. The molecule has 1 heterocycles. The van der Waals surface area contributed by atoms with Crippen LogP contribution in [0.2, 0.25) is 0 Å². The van der Waals surface area contributed by atoms with Gasteiger partial charge in [0, 0.05) is 18.9 Å². The molecule has 6 aliphatic rings. The van der Waals surface area contributed by atoms with Crippen LogP contribution >= 0.6 is 0 Å². The third-order valence-corrected chi connectivity index (χ3v) is 9.26. The first-order valence-electron chi connectivity index (χ1n) is 11.0. The van der Waals surface area contributed by atoms with Crippen molar-refractivity contribution < 1.29 is 14.3 Å². The number of rotatable bonds is 2. The van der Waals surface area contributed by atoms with Crippen LogP contribution in [-0.4, -0.2) is 24.8 Å². The number of ether oxygens (including phenoxy) is 2. The van der Waals surface area contributed by atoms with Gasteiger partial charge in [0.15, 0.2) is 12.1 Å². The van der Waals surface area contributed by atoms with Crippen molar-refractivity contribution in [2.24, 2.45) is 40.9 Å². The molecule has 144 valence electrons. The van der Waals surface area contributed by atoms with Crippen LogP contribution in [0.4, 0.5) is 0 Å². The summed E-state index contributed by atoms with van der Waals surface area (Å²) in [6, 6.07) is 0. The second kappa shape index (κ2) is 5.45. The summed E-state index contributed by atoms with van der Waals surface area (Å²) in [5.41, 5.74) is 1.46. The molecule has 3 fully saturated rings. The van der Waals surface area contributed by atoms with E-state index in [0.717, 1.165) is 30.6 Å². The smallest absolute Gasteiger partial charge is 0.177 e. The Kier molecular flexibility index (Phi) is 3.38. The van der Waals surface area contributed by atoms with E-state index in [1.165, 1.54) is 31.3 Å². The maximum absolute atomic E-state index is 11.9. The molecule has 0 amide bonds. The number of allylic oxidation sites excluding steroid dienone is 4. The van der Waals surface area contributed by atoms with Crippen LogP contribution in [0.25, 0.3) is 0 Å². The van der Waals surface area contributed by atoms with E-state index in [-0.39, 0.29) is 17.3 Å². The third-order valence-electron chi connectivity index (χ3n) is 9.26. The Bertz CT molecular complexity index is 778. The van der Waals surface area contributed by atoms with Crippen LogP contribution in [-0.2, 0) is 14.3 Å². The predicted molar refractivity (Wildman–Crippen MR) is 103 cm³/mol. The molecule has 0 aromatic rings. The highest BCUT2D eigenvalue weighted by atomic mass is 16.7. The molecular formula is C24H30O3. The summed E-state index contributed by atoms with van der Waals surface area (Å²) in [6.45, 7) is 2.38. The Morgan fingerprint density at radius 1 is 1.26 bits per heavy atom. The van der Waals surface area contributed by atoms with Crippen molar-refractivity contribution in [3.8, 4) is 0 Å². The summed E-state index contributed by atoms with van der Waals surface area (Å²) >= 11 is 0. The van der Waals surface area contributed by atoms with Gasteiger partial charge < -0.3 is 9.47 Å². The summed E-state index contributed by atoms with van der Waals surface area (Å²) in [7, 11) is 1.75. The number of carbonyl (C=O) groups excluding carboxylic acids is 1. The molecule has 5 aliphatic carbocycles. The van der Waals surface area contributed by atoms with Crippen molar-refractivity contribution in [3.63, 3.8) is 0 Å². The fourth-order valence-corrected chi connectivity index (χ4v) is 8.26. The molecule has 0 saturated heterocycles. The second-order valence-corrected chi connectivity index (χ2v) is 9.81. The number of hydrogen-bond donors (Lipinski definition) is 0. The topological polar surface area (TPSA) is 35.5 Å². The normalized spacial score (nSPS) is 54.4. The monoisotopic (exact) mass is 366 g/mol. The van der Waals surface area contributed by atoms with Gasteiger partial charge in [-0.2, -0.15) is 0 Å². The zero-order chi connectivity index (χ0) is 18.4. The standard InChI is InChI=1S/C24H30O3/c1-3-23-10-8-17-16-7-5-15(25)12-14(16)4-6-18(17)22(23)19-13-20(19)24(23)11-9-21(26-2)27-24/h4,6,9,11-12,16-22H,3,5,7-8,10,13H2,1-2H3/t16-,17?,18?,19+,20-,21?,22?,23-,24-/m0/s1. The Labute approximate surface area is 161 Å². The summed E-state index contributed by atoms with van der Waals surface area (Å²) in [4.78, 5) is 11.9. The molecule has 0 N–H and O–H groups in total. The SMILES string of the molecule is CC[C@]12CCC3C(C=CC4=CC(=O)CC[C@@H]43)C1[C@@H]1C[C@@H]1[C@@]21C=CC(OC)O1. The van der Waals surface area contributed by atoms with Gasteiger partial charge in [-0.25, -0.2) is 0 Å². The highest BCUT2D eigenvalue weighted by Gasteiger charge is 2.77. The highest BCUT2D eigenvalue weighted by molar-refractivity contribution is 5.91. The molecule has 27 heavy (non-hydrogen) atoms. The molecule has 3 nitrogen and oxygen atoms in total. The van der Waals surface area contributed by atoms with Gasteiger partial charge in [0.2, 0.25) is 0 Å². The summed E-state index contributed by atoms with van der Waals surface area (Å²) in [5.74, 6) is 4.51. The van der Waals surface area contributed by atoms with Gasteiger partial charge in [-0.15, -0.1) is 0 Å². The fourth-order valence-electron chi connectivity index (χ4n) is 8.26. The van der Waals surface area contributed by atoms with E-state index >= 15 is 0 Å². The number of methoxy groups -OCH3 is 1. The van der Waals surface area contributed by atoms with E-state index < -0.39 is 0 Å². The second-order valence-electron chi connectivity index (χ2n) is 9.81. The lowest BCUT2D eigenvalue weighted by Crippen LogP contribution is -2.55. The van der Waals surface area contributed by atoms with E-state index in [1.807, 2.05) is 6.08 Å². The first-order valence-corrected chi connectivity index (χ1v) is 11.0. The largest absolute Gasteiger partial charge is 0.352 e. The van der Waals surface area contributed by atoms with Gasteiger partial charge in [-0.1, -0.05) is 25.2 Å². The Morgan fingerprint density at radius 2 is 2.15 bits per heavy atom. The molecule has 6 rings (SSSR count). The van der Waals surface area contributed by atoms with Crippen molar-refractivity contribution >= 4 is 5.78 Å². The van der Waals surface area contributed by atoms with E-state index in [2.05, 4.69) is 31.2 Å². The Balaban J connectivity index is 1.41. The first kappa shape index (κ1) is 16.7. The van der Waals surface area contributed by atoms with Gasteiger partial charge >= 0.3 is 0 Å². The molecular weight excluding hydrogens is 336 g/mol. The van der Waals surface area contributed by atoms with Crippen LogP contribution in [0, 0.1) is 40.9 Å². The van der Waals surface area contributed by atoms with Crippen LogP contribution in [0.3, 0.4) is 0 Å². The molecule has 0 radical (unpaired) electrons. The van der Waals surface area contributed by atoms with Crippen LogP contribution in [0.1, 0.15) is 45.4 Å². The van der Waals surface area contributed by atoms with Crippen molar-refractivity contribution in [2.75, 3.05) is 7.11 Å². The Morgan fingerprint density at radius 3 is 2.93 bits per heavy atom. The molecule has 4 unspecified atom stereocenters. The minimum atomic E-state index is -0.174. The zero-order valence-corrected chi connectivity index (χ0v) is 16.4. The maximum Gasteiger partial charge on any atom is 0.177 e. The number of hydrogen-bond acceptors (Lipinski definition) is 3. The molecule has 1 spiro atoms. The van der Waals surface area contributed by atoms with Crippen molar-refractivity contribution in [1.82, 2.24) is 0 Å². The summed E-state index contributed by atoms with van der Waals surface area (Å²) < 4.78 is 12.2. The van der Waals surface area contributed by atoms with E-state index in [1.54, 1.807) is 7.11 Å². The van der Waals surface area contributed by atoms with Gasteiger partial charge in [0.1, 0.15) is 0 Å². The highest BCUT2D eigenvalue weighted by Crippen LogP contribution is 2.78. The van der Waals surface area contributed by atoms with Gasteiger partial charge in [-0.3, -0.25) is 4.79 Å². The minimum Gasteiger partial charge on any atom is -0.352 e. The average molecular weight is 367 g/mol. The lowest BCUT2D eigenvalue weighted by Gasteiger charge is -2.57. The van der Waals surface area contributed by atoms with Gasteiger partial charge in [-0.05, 0) is 85.3 Å². The first-order chi connectivity index (χ1) is 13.1. The van der Waals surface area contributed by atoms with E-state index in [9.17, 15) is 4.79 Å². The molecule has 0 aromatic heterocycles. The van der Waals surface area contributed by atoms with Crippen molar-refractivity contribution in [2.45, 2.75) is 57.3 Å². The lowest BCUT2D eigenvalue weighted by atomic mass is 9.49. The van der Waals surface area contributed by atoms with Crippen LogP contribution in [0.15, 0.2) is 36.0 Å². The average Bonchev–Trinajstić information content (AvgIpc) is 3.30. The molecule has 3 saturated carbocycles. The quantitative estimate of drug-likeness (QED) is 0.678.